The van der Waals surface area contributed by atoms with E-state index in [1.807, 2.05) is 121 Å². The number of hydrogen-bond donors (Lipinski definition) is 2. The van der Waals surface area contributed by atoms with Gasteiger partial charge in [-0.3, -0.25) is 0 Å². The standard InChI is InChI=1S/C43H50O10/c1-43(2)52-36(23-24-44)38(53-43)35(45)29-50-42-41(49-28-34-21-13-6-14-22-34)40(48-27-33-19-11-5-12-20-33)39(47-26-32-17-9-4-10-18-32)37(51-42)30-46-25-31-15-7-3-8-16-31/h3-24,35-42,44-45H,25-30H2,1-2H3/b24-23+/t35-,36-,37-,38+,39+,40+,41-,42+/m1/s1. The van der Waals surface area contributed by atoms with Gasteiger partial charge in [-0.1, -0.05) is 121 Å². The van der Waals surface area contributed by atoms with Crippen LogP contribution in [0.5, 0.6) is 0 Å². The second-order valence-electron chi connectivity index (χ2n) is 13.6. The summed E-state index contributed by atoms with van der Waals surface area (Å²) in [7, 11) is 0. The number of hydrogen-bond acceptors (Lipinski definition) is 10. The van der Waals surface area contributed by atoms with E-state index >= 15 is 0 Å². The summed E-state index contributed by atoms with van der Waals surface area (Å²) in [5.41, 5.74) is 3.96. The molecule has 0 aromatic heterocycles. The normalized spacial score (nSPS) is 26.1. The average molecular weight is 727 g/mol. The van der Waals surface area contributed by atoms with Crippen molar-refractivity contribution in [2.75, 3.05) is 13.2 Å². The van der Waals surface area contributed by atoms with Gasteiger partial charge in [0.25, 0.3) is 0 Å². The van der Waals surface area contributed by atoms with E-state index in [-0.39, 0.29) is 26.4 Å². The SMILES string of the molecule is CC1(C)O[C@@H]([C@H](O)CO[C@H]2O[C@H](COCc3ccccc3)[C@H](OCc3ccccc3)[C@H](OCc3ccccc3)[C@H]2OCc2ccccc2)[C@@H](/C=C/O)O1. The molecule has 0 aliphatic carbocycles. The molecule has 0 saturated carbocycles. The van der Waals surface area contributed by atoms with Crippen molar-refractivity contribution in [1.29, 1.82) is 0 Å². The molecule has 2 saturated heterocycles. The molecule has 0 amide bonds. The van der Waals surface area contributed by atoms with Crippen molar-refractivity contribution in [3.63, 3.8) is 0 Å². The number of aliphatic hydroxyl groups is 2. The van der Waals surface area contributed by atoms with E-state index in [0.717, 1.165) is 28.5 Å². The molecule has 4 aromatic carbocycles. The van der Waals surface area contributed by atoms with Gasteiger partial charge in [-0.25, -0.2) is 0 Å². The first kappa shape index (κ1) is 38.8. The largest absolute Gasteiger partial charge is 0.516 e. The zero-order chi connectivity index (χ0) is 36.9. The van der Waals surface area contributed by atoms with Crippen LogP contribution in [0.2, 0.25) is 0 Å². The third-order valence-corrected chi connectivity index (χ3v) is 9.09. The molecule has 282 valence electrons. The molecule has 2 aliphatic rings. The van der Waals surface area contributed by atoms with Crippen molar-refractivity contribution in [1.82, 2.24) is 0 Å². The Bertz CT molecular complexity index is 1640. The van der Waals surface area contributed by atoms with Gasteiger partial charge in [0, 0.05) is 0 Å². The van der Waals surface area contributed by atoms with Gasteiger partial charge in [-0.2, -0.15) is 0 Å². The van der Waals surface area contributed by atoms with Gasteiger partial charge in [0.2, 0.25) is 0 Å². The second-order valence-corrected chi connectivity index (χ2v) is 13.6. The van der Waals surface area contributed by atoms with Crippen molar-refractivity contribution in [3.05, 3.63) is 156 Å². The summed E-state index contributed by atoms with van der Waals surface area (Å²) >= 11 is 0. The van der Waals surface area contributed by atoms with Crippen molar-refractivity contribution < 1.29 is 48.1 Å². The van der Waals surface area contributed by atoms with Crippen molar-refractivity contribution in [2.45, 2.75) is 95.1 Å². The molecule has 2 aliphatic heterocycles. The summed E-state index contributed by atoms with van der Waals surface area (Å²) in [6, 6.07) is 39.6. The van der Waals surface area contributed by atoms with Gasteiger partial charge in [0.1, 0.15) is 42.7 Å². The predicted molar refractivity (Wildman–Crippen MR) is 197 cm³/mol. The smallest absolute Gasteiger partial charge is 0.187 e. The maximum Gasteiger partial charge on any atom is 0.187 e. The molecular formula is C43H50O10. The van der Waals surface area contributed by atoms with Crippen LogP contribution in [0.4, 0.5) is 0 Å². The Morgan fingerprint density at radius 1 is 0.623 bits per heavy atom. The van der Waals surface area contributed by atoms with Crippen LogP contribution in [0.15, 0.2) is 134 Å². The van der Waals surface area contributed by atoms with Crippen LogP contribution in [0.3, 0.4) is 0 Å². The fourth-order valence-electron chi connectivity index (χ4n) is 6.52. The Labute approximate surface area is 311 Å². The Morgan fingerprint density at radius 2 is 1.09 bits per heavy atom. The molecule has 10 heteroatoms. The van der Waals surface area contributed by atoms with Gasteiger partial charge in [0.05, 0.1) is 45.9 Å². The molecule has 2 heterocycles. The maximum absolute atomic E-state index is 11.4. The zero-order valence-electron chi connectivity index (χ0n) is 30.2. The highest BCUT2D eigenvalue weighted by Crippen LogP contribution is 2.34. The Morgan fingerprint density at radius 3 is 1.60 bits per heavy atom. The number of benzene rings is 4. The van der Waals surface area contributed by atoms with Crippen LogP contribution >= 0.6 is 0 Å². The van der Waals surface area contributed by atoms with Crippen LogP contribution in [-0.4, -0.2) is 78.2 Å². The van der Waals surface area contributed by atoms with Crippen molar-refractivity contribution >= 4 is 0 Å². The van der Waals surface area contributed by atoms with E-state index in [0.29, 0.717) is 13.2 Å². The number of rotatable bonds is 18. The van der Waals surface area contributed by atoms with E-state index in [1.54, 1.807) is 13.8 Å². The minimum Gasteiger partial charge on any atom is -0.516 e. The van der Waals surface area contributed by atoms with Crippen LogP contribution in [0.1, 0.15) is 36.1 Å². The molecule has 6 rings (SSSR count). The Hall–Kier alpha value is -3.94. The Balaban J connectivity index is 1.29. The summed E-state index contributed by atoms with van der Waals surface area (Å²) in [4.78, 5) is 0. The molecule has 53 heavy (non-hydrogen) atoms. The quantitative estimate of drug-likeness (QED) is 0.108. The van der Waals surface area contributed by atoms with E-state index in [2.05, 4.69) is 0 Å². The lowest BCUT2D eigenvalue weighted by atomic mass is 9.97. The fourth-order valence-corrected chi connectivity index (χ4v) is 6.52. The molecule has 0 unspecified atom stereocenters. The van der Waals surface area contributed by atoms with Gasteiger partial charge in [-0.05, 0) is 42.2 Å². The molecule has 2 N–H and O–H groups in total. The lowest BCUT2D eigenvalue weighted by molar-refractivity contribution is -0.332. The van der Waals surface area contributed by atoms with Gasteiger partial charge < -0.3 is 48.1 Å². The van der Waals surface area contributed by atoms with E-state index in [1.165, 1.54) is 6.08 Å². The molecule has 4 aromatic rings. The van der Waals surface area contributed by atoms with E-state index < -0.39 is 54.8 Å². The lowest BCUT2D eigenvalue weighted by Crippen LogP contribution is -2.62. The molecule has 2 fully saturated rings. The van der Waals surface area contributed by atoms with Crippen molar-refractivity contribution in [2.24, 2.45) is 0 Å². The highest BCUT2D eigenvalue weighted by Gasteiger charge is 2.50. The summed E-state index contributed by atoms with van der Waals surface area (Å²) in [5, 5.41) is 20.9. The number of aliphatic hydroxyl groups excluding tert-OH is 2. The van der Waals surface area contributed by atoms with Crippen molar-refractivity contribution in [3.8, 4) is 0 Å². The third kappa shape index (κ3) is 11.3. The molecule has 10 nitrogen and oxygen atoms in total. The predicted octanol–water partition coefficient (Wildman–Crippen LogP) is 6.65. The fraction of sp³-hybridized carbons (Fsp3) is 0.395. The lowest BCUT2D eigenvalue weighted by Gasteiger charge is -2.46. The molecule has 0 bridgehead atoms. The average Bonchev–Trinajstić information content (AvgIpc) is 3.50. The first-order chi connectivity index (χ1) is 25.9. The molecular weight excluding hydrogens is 676 g/mol. The van der Waals surface area contributed by atoms with Crippen LogP contribution < -0.4 is 0 Å². The minimum absolute atomic E-state index is 0.171. The highest BCUT2D eigenvalue weighted by molar-refractivity contribution is 5.16. The third-order valence-electron chi connectivity index (χ3n) is 9.09. The van der Waals surface area contributed by atoms with Crippen LogP contribution in [0, 0.1) is 0 Å². The maximum atomic E-state index is 11.4. The monoisotopic (exact) mass is 726 g/mol. The Kier molecular flexibility index (Phi) is 14.2. The minimum atomic E-state index is -1.14. The van der Waals surface area contributed by atoms with Gasteiger partial charge in [-0.15, -0.1) is 0 Å². The first-order valence-electron chi connectivity index (χ1n) is 18.1. The van der Waals surface area contributed by atoms with E-state index in [9.17, 15) is 10.2 Å². The van der Waals surface area contributed by atoms with Gasteiger partial charge in [0.15, 0.2) is 12.1 Å². The topological polar surface area (TPSA) is 114 Å². The molecule has 0 spiro atoms. The van der Waals surface area contributed by atoms with E-state index in [4.69, 9.17) is 37.9 Å². The molecule has 0 radical (unpaired) electrons. The zero-order valence-corrected chi connectivity index (χ0v) is 30.2. The first-order valence-corrected chi connectivity index (χ1v) is 18.1. The second kappa shape index (κ2) is 19.4. The summed E-state index contributed by atoms with van der Waals surface area (Å²) < 4.78 is 51.5. The summed E-state index contributed by atoms with van der Waals surface area (Å²) in [6.07, 6.45) is -4.06. The summed E-state index contributed by atoms with van der Waals surface area (Å²) in [6.45, 7) is 4.70. The summed E-state index contributed by atoms with van der Waals surface area (Å²) in [5.74, 6) is -0.973. The molecule has 8 atom stereocenters. The van der Waals surface area contributed by atoms with Gasteiger partial charge >= 0.3 is 0 Å². The van der Waals surface area contributed by atoms with Crippen LogP contribution in [-0.2, 0) is 64.3 Å². The van der Waals surface area contributed by atoms with Crippen LogP contribution in [0.25, 0.3) is 0 Å². The highest BCUT2D eigenvalue weighted by atomic mass is 16.8. The number of ether oxygens (including phenoxy) is 8.